The summed E-state index contributed by atoms with van der Waals surface area (Å²) in [5.74, 6) is 0. The molecular formula is C10H10N2O4S2. The molecule has 8 heteroatoms. The molecule has 0 atom stereocenters. The predicted molar refractivity (Wildman–Crippen MR) is 64.9 cm³/mol. The van der Waals surface area contributed by atoms with Crippen molar-refractivity contribution in [2.24, 2.45) is 0 Å². The zero-order chi connectivity index (χ0) is 13.4. The molecule has 0 N–H and O–H groups in total. The van der Waals surface area contributed by atoms with Gasteiger partial charge in [-0.25, -0.2) is 17.4 Å². The molecule has 0 unspecified atom stereocenters. The van der Waals surface area contributed by atoms with Gasteiger partial charge in [-0.15, -0.1) is 0 Å². The van der Waals surface area contributed by atoms with Gasteiger partial charge in [0.25, 0.3) is 0 Å². The van der Waals surface area contributed by atoms with Gasteiger partial charge in [-0.1, -0.05) is 17.7 Å². The van der Waals surface area contributed by atoms with E-state index in [-0.39, 0.29) is 4.90 Å². The second-order valence-electron chi connectivity index (χ2n) is 3.62. The molecule has 0 bridgehead atoms. The Morgan fingerprint density at radius 3 is 2.17 bits per heavy atom. The predicted octanol–water partition coefficient (Wildman–Crippen LogP) is 0.758. The molecule has 18 heavy (non-hydrogen) atoms. The standard InChI is InChI=1S/C10H10N2O4S2/c1-9-2-4-10(5-3-9)17(13,14)18(15,16)12-7-6-11-8-12/h2-8H,1H3. The first kappa shape index (κ1) is 12.8. The van der Waals surface area contributed by atoms with Crippen molar-refractivity contribution in [3.8, 4) is 0 Å². The van der Waals surface area contributed by atoms with Crippen molar-refractivity contribution in [1.82, 2.24) is 8.96 Å². The molecule has 0 spiro atoms. The summed E-state index contributed by atoms with van der Waals surface area (Å²) in [5, 5.41) is 0. The van der Waals surface area contributed by atoms with Gasteiger partial charge in [-0.05, 0) is 19.1 Å². The first-order valence-electron chi connectivity index (χ1n) is 4.91. The molecule has 0 saturated heterocycles. The van der Waals surface area contributed by atoms with Gasteiger partial charge in [0.2, 0.25) is 0 Å². The first-order chi connectivity index (χ1) is 8.35. The largest absolute Gasteiger partial charge is 0.350 e. The van der Waals surface area contributed by atoms with Gasteiger partial charge in [0.05, 0.1) is 4.90 Å². The van der Waals surface area contributed by atoms with Crippen molar-refractivity contribution in [2.75, 3.05) is 0 Å². The summed E-state index contributed by atoms with van der Waals surface area (Å²) in [6.45, 7) is 1.78. The molecule has 0 aliphatic heterocycles. The SMILES string of the molecule is Cc1ccc(S(=O)(=O)S(=O)(=O)n2ccnc2)cc1. The Balaban J connectivity index is 2.60. The third kappa shape index (κ3) is 1.93. The normalized spacial score (nSPS) is 12.5. The highest BCUT2D eigenvalue weighted by molar-refractivity contribution is 8.66. The van der Waals surface area contributed by atoms with E-state index in [4.69, 9.17) is 0 Å². The number of benzene rings is 1. The summed E-state index contributed by atoms with van der Waals surface area (Å²) in [4.78, 5) is 3.27. The lowest BCUT2D eigenvalue weighted by Gasteiger charge is -2.06. The number of hydrogen-bond acceptors (Lipinski definition) is 5. The van der Waals surface area contributed by atoms with Crippen molar-refractivity contribution in [2.45, 2.75) is 11.8 Å². The fourth-order valence-electron chi connectivity index (χ4n) is 1.32. The van der Waals surface area contributed by atoms with Gasteiger partial charge in [-0.2, -0.15) is 8.42 Å². The third-order valence-corrected chi connectivity index (χ3v) is 7.22. The number of nitrogens with zero attached hydrogens (tertiary/aromatic N) is 2. The summed E-state index contributed by atoms with van der Waals surface area (Å²) in [7, 11) is -9.02. The minimum atomic E-state index is -4.53. The minimum Gasteiger partial charge on any atom is -0.244 e. The molecule has 1 heterocycles. The minimum absolute atomic E-state index is 0.262. The van der Waals surface area contributed by atoms with Crippen LogP contribution in [0, 0.1) is 6.92 Å². The van der Waals surface area contributed by atoms with Gasteiger partial charge < -0.3 is 0 Å². The van der Waals surface area contributed by atoms with Crippen LogP contribution < -0.4 is 0 Å². The Morgan fingerprint density at radius 2 is 1.67 bits per heavy atom. The number of hydrogen-bond donors (Lipinski definition) is 0. The van der Waals surface area contributed by atoms with Crippen LogP contribution in [0.4, 0.5) is 0 Å². The maximum Gasteiger partial charge on any atom is 0.350 e. The van der Waals surface area contributed by atoms with Crippen LogP contribution in [-0.4, -0.2) is 25.8 Å². The highest BCUT2D eigenvalue weighted by atomic mass is 33.2. The molecule has 1 aromatic carbocycles. The maximum absolute atomic E-state index is 12.0. The third-order valence-electron chi connectivity index (χ3n) is 2.33. The molecule has 0 amide bonds. The zero-order valence-electron chi connectivity index (χ0n) is 9.39. The van der Waals surface area contributed by atoms with E-state index >= 15 is 0 Å². The van der Waals surface area contributed by atoms with E-state index in [1.165, 1.54) is 30.5 Å². The summed E-state index contributed by atoms with van der Waals surface area (Å²) in [5.41, 5.74) is 0.842. The molecular weight excluding hydrogens is 276 g/mol. The van der Waals surface area contributed by atoms with Crippen LogP contribution in [0.5, 0.6) is 0 Å². The Kier molecular flexibility index (Phi) is 2.99. The Morgan fingerprint density at radius 1 is 1.06 bits per heavy atom. The summed E-state index contributed by atoms with van der Waals surface area (Å²) < 4.78 is 48.5. The molecule has 96 valence electrons. The molecule has 0 radical (unpaired) electrons. The highest BCUT2D eigenvalue weighted by Gasteiger charge is 2.33. The number of rotatable bonds is 3. The van der Waals surface area contributed by atoms with Crippen molar-refractivity contribution >= 4 is 17.9 Å². The van der Waals surface area contributed by atoms with Gasteiger partial charge in [0.1, 0.15) is 6.33 Å². The molecule has 2 aromatic rings. The van der Waals surface area contributed by atoms with E-state index in [9.17, 15) is 16.8 Å². The van der Waals surface area contributed by atoms with Gasteiger partial charge in [0, 0.05) is 12.4 Å². The van der Waals surface area contributed by atoms with E-state index in [1.807, 2.05) is 0 Å². The topological polar surface area (TPSA) is 86.1 Å². The van der Waals surface area contributed by atoms with Gasteiger partial charge in [-0.3, -0.25) is 0 Å². The Labute approximate surface area is 104 Å². The van der Waals surface area contributed by atoms with Crippen LogP contribution in [0.3, 0.4) is 0 Å². The van der Waals surface area contributed by atoms with Gasteiger partial charge >= 0.3 is 17.9 Å². The zero-order valence-corrected chi connectivity index (χ0v) is 11.0. The average Bonchev–Trinajstić information content (AvgIpc) is 2.83. The second-order valence-corrected chi connectivity index (χ2v) is 8.85. The fraction of sp³-hybridized carbons (Fsp3) is 0.100. The van der Waals surface area contributed by atoms with E-state index in [1.54, 1.807) is 6.92 Å². The number of imidazole rings is 1. The molecule has 0 aliphatic carbocycles. The molecule has 0 saturated carbocycles. The van der Waals surface area contributed by atoms with E-state index < -0.39 is 17.9 Å². The quantitative estimate of drug-likeness (QED) is 0.777. The lowest BCUT2D eigenvalue weighted by Crippen LogP contribution is -2.22. The monoisotopic (exact) mass is 286 g/mol. The van der Waals surface area contributed by atoms with Crippen LogP contribution in [-0.2, 0) is 17.9 Å². The van der Waals surface area contributed by atoms with Crippen molar-refractivity contribution in [3.05, 3.63) is 48.5 Å². The van der Waals surface area contributed by atoms with E-state index in [2.05, 4.69) is 4.98 Å². The Hall–Kier alpha value is -1.67. The fourth-order valence-corrected chi connectivity index (χ4v) is 4.64. The summed E-state index contributed by atoms with van der Waals surface area (Å²) in [6.07, 6.45) is 3.20. The highest BCUT2D eigenvalue weighted by Crippen LogP contribution is 2.19. The van der Waals surface area contributed by atoms with Crippen molar-refractivity contribution < 1.29 is 16.8 Å². The number of aromatic nitrogens is 2. The molecule has 6 nitrogen and oxygen atoms in total. The van der Waals surface area contributed by atoms with Crippen LogP contribution in [0.25, 0.3) is 0 Å². The lowest BCUT2D eigenvalue weighted by atomic mass is 10.2. The summed E-state index contributed by atoms with van der Waals surface area (Å²) in [6, 6.07) is 5.60. The maximum atomic E-state index is 12.0. The van der Waals surface area contributed by atoms with Crippen LogP contribution in [0.1, 0.15) is 5.56 Å². The first-order valence-corrected chi connectivity index (χ1v) is 8.35. The molecule has 2 rings (SSSR count). The van der Waals surface area contributed by atoms with Crippen LogP contribution in [0.2, 0.25) is 0 Å². The smallest absolute Gasteiger partial charge is 0.244 e. The van der Waals surface area contributed by atoms with E-state index in [0.717, 1.165) is 18.1 Å². The van der Waals surface area contributed by atoms with Crippen molar-refractivity contribution in [3.63, 3.8) is 0 Å². The molecule has 0 aliphatic rings. The van der Waals surface area contributed by atoms with E-state index in [0.29, 0.717) is 3.97 Å². The van der Waals surface area contributed by atoms with Crippen LogP contribution in [0.15, 0.2) is 47.9 Å². The number of aryl methyl sites for hydroxylation is 1. The molecule has 0 fully saturated rings. The molecule has 1 aromatic heterocycles. The van der Waals surface area contributed by atoms with Crippen molar-refractivity contribution in [1.29, 1.82) is 0 Å². The van der Waals surface area contributed by atoms with Crippen LogP contribution >= 0.6 is 0 Å². The Bertz CT molecular complexity index is 745. The van der Waals surface area contributed by atoms with Gasteiger partial charge in [0.15, 0.2) is 0 Å². The average molecular weight is 286 g/mol. The second kappa shape index (κ2) is 4.21. The lowest BCUT2D eigenvalue weighted by molar-refractivity contribution is 0.577. The summed E-state index contributed by atoms with van der Waals surface area (Å²) >= 11 is 0.